The number of carbonyl (C=O) groups excluding carboxylic acids is 1. The number of ether oxygens (including phenoxy) is 1. The van der Waals surface area contributed by atoms with Gasteiger partial charge in [0.05, 0.1) is 24.6 Å². The number of nitrogens with one attached hydrogen (secondary N) is 2. The van der Waals surface area contributed by atoms with Gasteiger partial charge in [-0.2, -0.15) is 0 Å². The number of aliphatic imine (C=N–C) groups is 1. The van der Waals surface area contributed by atoms with Crippen LogP contribution >= 0.6 is 12.4 Å². The number of benzene rings is 2. The molecule has 0 spiro atoms. The zero-order chi connectivity index (χ0) is 20.2. The van der Waals surface area contributed by atoms with Crippen LogP contribution in [0.25, 0.3) is 11.1 Å². The summed E-state index contributed by atoms with van der Waals surface area (Å²) in [5.41, 5.74) is 11.6. The molecule has 1 amide bonds. The number of nitrogens with zero attached hydrogens (tertiary/aromatic N) is 2. The minimum Gasteiger partial charge on any atom is -0.450 e. The standard InChI is InChI=1S/C22H21N5O2.ClH/c1-2-29-22(28)27-19-12-17-20(21(23)26-19)25-18(13-24-17)16-10-8-15(9-11-16)14-6-4-3-5-7-14;/h3-12,24H,2,13H2,1H3,(H3,23,26,27,28);1H. The minimum atomic E-state index is -0.571. The van der Waals surface area contributed by atoms with E-state index in [1.165, 1.54) is 5.56 Å². The van der Waals surface area contributed by atoms with E-state index in [0.717, 1.165) is 16.8 Å². The number of carbonyl (C=O) groups is 1. The molecule has 0 radical (unpaired) electrons. The SMILES string of the molecule is CCOC(=O)Nc1cc2c(c(N)n1)N=C(c1ccc(-c3ccccc3)cc1)CN2.Cl. The van der Waals surface area contributed by atoms with Crippen molar-refractivity contribution in [2.75, 3.05) is 29.5 Å². The summed E-state index contributed by atoms with van der Waals surface area (Å²) in [6, 6.07) is 20.2. The van der Waals surface area contributed by atoms with Crippen molar-refractivity contribution < 1.29 is 9.53 Å². The number of hydrogen-bond acceptors (Lipinski definition) is 6. The number of anilines is 3. The summed E-state index contributed by atoms with van der Waals surface area (Å²) in [6.07, 6.45) is -0.571. The van der Waals surface area contributed by atoms with Crippen LogP contribution in [0, 0.1) is 0 Å². The molecule has 0 bridgehead atoms. The molecule has 0 aliphatic carbocycles. The highest BCUT2D eigenvalue weighted by atomic mass is 35.5. The number of fused-ring (bicyclic) bond motifs is 1. The van der Waals surface area contributed by atoms with Crippen molar-refractivity contribution in [3.63, 3.8) is 0 Å². The second-order valence-electron chi connectivity index (χ2n) is 6.49. The molecule has 2 heterocycles. The Morgan fingerprint density at radius 3 is 2.47 bits per heavy atom. The molecule has 3 aromatic rings. The largest absolute Gasteiger partial charge is 0.450 e. The fraction of sp³-hybridized carbons (Fsp3) is 0.136. The fourth-order valence-corrected chi connectivity index (χ4v) is 3.15. The molecule has 4 N–H and O–H groups in total. The predicted molar refractivity (Wildman–Crippen MR) is 123 cm³/mol. The van der Waals surface area contributed by atoms with E-state index in [-0.39, 0.29) is 24.8 Å². The van der Waals surface area contributed by atoms with Crippen molar-refractivity contribution in [3.8, 4) is 11.1 Å². The third kappa shape index (κ3) is 4.52. The van der Waals surface area contributed by atoms with Gasteiger partial charge in [-0.1, -0.05) is 54.6 Å². The second kappa shape index (κ2) is 9.28. The molecule has 1 aliphatic rings. The topological polar surface area (TPSA) is 102 Å². The van der Waals surface area contributed by atoms with E-state index in [9.17, 15) is 4.79 Å². The first-order valence-corrected chi connectivity index (χ1v) is 9.35. The van der Waals surface area contributed by atoms with Crippen LogP contribution in [0.15, 0.2) is 65.7 Å². The zero-order valence-corrected chi connectivity index (χ0v) is 17.2. The normalized spacial score (nSPS) is 12.0. The summed E-state index contributed by atoms with van der Waals surface area (Å²) >= 11 is 0. The Kier molecular flexibility index (Phi) is 6.54. The highest BCUT2D eigenvalue weighted by Crippen LogP contribution is 2.35. The second-order valence-corrected chi connectivity index (χ2v) is 6.49. The summed E-state index contributed by atoms with van der Waals surface area (Å²) in [4.78, 5) is 20.5. The van der Waals surface area contributed by atoms with Gasteiger partial charge in [0.2, 0.25) is 0 Å². The Hall–Kier alpha value is -3.58. The third-order valence-electron chi connectivity index (χ3n) is 4.54. The van der Waals surface area contributed by atoms with Crippen molar-refractivity contribution in [3.05, 3.63) is 66.2 Å². The molecule has 30 heavy (non-hydrogen) atoms. The van der Waals surface area contributed by atoms with Gasteiger partial charge in [0.25, 0.3) is 0 Å². The Labute approximate surface area is 180 Å². The first-order valence-electron chi connectivity index (χ1n) is 9.35. The van der Waals surface area contributed by atoms with Crippen molar-refractivity contribution in [2.45, 2.75) is 6.92 Å². The lowest BCUT2D eigenvalue weighted by Gasteiger charge is -2.20. The van der Waals surface area contributed by atoms with Crippen molar-refractivity contribution >= 4 is 47.2 Å². The molecule has 1 aromatic heterocycles. The Morgan fingerprint density at radius 2 is 1.77 bits per heavy atom. The summed E-state index contributed by atoms with van der Waals surface area (Å²) in [7, 11) is 0. The van der Waals surface area contributed by atoms with E-state index in [2.05, 4.69) is 39.9 Å². The van der Waals surface area contributed by atoms with Gasteiger partial charge in [0.15, 0.2) is 5.82 Å². The molecule has 0 fully saturated rings. The van der Waals surface area contributed by atoms with E-state index in [1.54, 1.807) is 13.0 Å². The lowest BCUT2D eigenvalue weighted by molar-refractivity contribution is 0.168. The third-order valence-corrected chi connectivity index (χ3v) is 4.54. The summed E-state index contributed by atoms with van der Waals surface area (Å²) in [5.74, 6) is 0.554. The summed E-state index contributed by atoms with van der Waals surface area (Å²) in [5, 5.41) is 5.86. The zero-order valence-electron chi connectivity index (χ0n) is 16.4. The van der Waals surface area contributed by atoms with Gasteiger partial charge in [-0.3, -0.25) is 5.32 Å². The van der Waals surface area contributed by atoms with Crippen molar-refractivity contribution in [2.24, 2.45) is 4.99 Å². The number of nitrogen functional groups attached to an aromatic ring is 1. The smallest absolute Gasteiger partial charge is 0.412 e. The van der Waals surface area contributed by atoms with Crippen LogP contribution in [-0.4, -0.2) is 29.9 Å². The van der Waals surface area contributed by atoms with E-state index >= 15 is 0 Å². The van der Waals surface area contributed by atoms with Gasteiger partial charge < -0.3 is 15.8 Å². The maximum atomic E-state index is 11.6. The average Bonchev–Trinajstić information content (AvgIpc) is 2.74. The molecule has 0 saturated heterocycles. The first kappa shape index (κ1) is 21.1. The Bertz CT molecular complexity index is 1070. The summed E-state index contributed by atoms with van der Waals surface area (Å²) in [6.45, 7) is 2.56. The van der Waals surface area contributed by atoms with Gasteiger partial charge >= 0.3 is 6.09 Å². The van der Waals surface area contributed by atoms with Crippen molar-refractivity contribution in [1.82, 2.24) is 4.98 Å². The predicted octanol–water partition coefficient (Wildman–Crippen LogP) is 4.87. The van der Waals surface area contributed by atoms with Gasteiger partial charge in [0, 0.05) is 6.07 Å². The monoisotopic (exact) mass is 423 g/mol. The lowest BCUT2D eigenvalue weighted by atomic mass is 10.0. The quantitative estimate of drug-likeness (QED) is 0.555. The van der Waals surface area contributed by atoms with Crippen LogP contribution < -0.4 is 16.4 Å². The van der Waals surface area contributed by atoms with Crippen LogP contribution in [0.1, 0.15) is 12.5 Å². The van der Waals surface area contributed by atoms with E-state index in [4.69, 9.17) is 15.5 Å². The molecule has 0 atom stereocenters. The highest BCUT2D eigenvalue weighted by molar-refractivity contribution is 6.08. The van der Waals surface area contributed by atoms with Gasteiger partial charge in [-0.25, -0.2) is 14.8 Å². The van der Waals surface area contributed by atoms with E-state index in [1.807, 2.05) is 30.3 Å². The molecular weight excluding hydrogens is 402 g/mol. The Balaban J connectivity index is 0.00000256. The summed E-state index contributed by atoms with van der Waals surface area (Å²) < 4.78 is 4.87. The molecule has 7 nitrogen and oxygen atoms in total. The van der Waals surface area contributed by atoms with Crippen LogP contribution in [0.4, 0.5) is 27.8 Å². The van der Waals surface area contributed by atoms with Crippen LogP contribution in [0.3, 0.4) is 0 Å². The van der Waals surface area contributed by atoms with E-state index < -0.39 is 6.09 Å². The molecule has 8 heteroatoms. The fourth-order valence-electron chi connectivity index (χ4n) is 3.15. The minimum absolute atomic E-state index is 0. The first-order chi connectivity index (χ1) is 14.1. The van der Waals surface area contributed by atoms with Gasteiger partial charge in [0.1, 0.15) is 11.5 Å². The van der Waals surface area contributed by atoms with Crippen LogP contribution in [0.5, 0.6) is 0 Å². The molecular formula is C22H22ClN5O2. The maximum Gasteiger partial charge on any atom is 0.412 e. The molecule has 0 unspecified atom stereocenters. The lowest BCUT2D eigenvalue weighted by Crippen LogP contribution is -2.20. The molecule has 2 aromatic carbocycles. The number of amides is 1. The number of halogens is 1. The highest BCUT2D eigenvalue weighted by Gasteiger charge is 2.18. The van der Waals surface area contributed by atoms with Crippen LogP contribution in [0.2, 0.25) is 0 Å². The number of pyridine rings is 1. The maximum absolute atomic E-state index is 11.6. The van der Waals surface area contributed by atoms with Gasteiger partial charge in [-0.15, -0.1) is 12.4 Å². The number of nitrogens with two attached hydrogens (primary N) is 1. The number of rotatable bonds is 4. The number of aromatic nitrogens is 1. The van der Waals surface area contributed by atoms with Gasteiger partial charge in [-0.05, 0) is 23.6 Å². The molecule has 1 aliphatic heterocycles. The van der Waals surface area contributed by atoms with E-state index in [0.29, 0.717) is 23.7 Å². The Morgan fingerprint density at radius 1 is 1.10 bits per heavy atom. The molecule has 4 rings (SSSR count). The van der Waals surface area contributed by atoms with Crippen LogP contribution in [-0.2, 0) is 4.74 Å². The van der Waals surface area contributed by atoms with Crippen molar-refractivity contribution in [1.29, 1.82) is 0 Å². The molecule has 0 saturated carbocycles. The molecule has 154 valence electrons. The average molecular weight is 424 g/mol. The number of hydrogen-bond donors (Lipinski definition) is 3.